The number of amides is 1. The van der Waals surface area contributed by atoms with Crippen LogP contribution in [-0.2, 0) is 4.79 Å². The maximum absolute atomic E-state index is 11.3. The van der Waals surface area contributed by atoms with E-state index in [2.05, 4.69) is 5.32 Å². The lowest BCUT2D eigenvalue weighted by Gasteiger charge is -2.03. The molecule has 1 amide bonds. The molecule has 1 atom stereocenters. The van der Waals surface area contributed by atoms with Gasteiger partial charge < -0.3 is 10.4 Å². The molecule has 16 heavy (non-hydrogen) atoms. The maximum atomic E-state index is 11.3. The van der Waals surface area contributed by atoms with E-state index in [-0.39, 0.29) is 12.5 Å². The second-order valence-electron chi connectivity index (χ2n) is 3.84. The largest absolute Gasteiger partial charge is 0.392 e. The molecule has 86 valence electrons. The highest BCUT2D eigenvalue weighted by molar-refractivity contribution is 5.91. The van der Waals surface area contributed by atoms with Gasteiger partial charge in [-0.25, -0.2) is 0 Å². The fourth-order valence-corrected chi connectivity index (χ4v) is 1.16. The first-order chi connectivity index (χ1) is 7.58. The predicted octanol–water partition coefficient (Wildman–Crippen LogP) is 1.51. The van der Waals surface area contributed by atoms with Crippen molar-refractivity contribution < 1.29 is 9.90 Å². The minimum absolute atomic E-state index is 0.193. The van der Waals surface area contributed by atoms with Crippen LogP contribution in [0.15, 0.2) is 30.3 Å². The Hall–Kier alpha value is -1.61. The number of nitrogens with one attached hydrogen (secondary N) is 1. The number of benzene rings is 1. The maximum Gasteiger partial charge on any atom is 0.244 e. The highest BCUT2D eigenvalue weighted by Crippen LogP contribution is 2.04. The molecule has 0 heterocycles. The predicted molar refractivity (Wildman–Crippen MR) is 64.9 cm³/mol. The Kier molecular flexibility index (Phi) is 4.73. The molecule has 1 aromatic rings. The van der Waals surface area contributed by atoms with Crippen molar-refractivity contribution in [1.82, 2.24) is 5.32 Å². The fraction of sp³-hybridized carbons (Fsp3) is 0.308. The molecule has 0 fully saturated rings. The van der Waals surface area contributed by atoms with E-state index < -0.39 is 6.10 Å². The van der Waals surface area contributed by atoms with Gasteiger partial charge in [-0.15, -0.1) is 0 Å². The van der Waals surface area contributed by atoms with E-state index in [0.717, 1.165) is 5.56 Å². The van der Waals surface area contributed by atoms with E-state index >= 15 is 0 Å². The summed E-state index contributed by atoms with van der Waals surface area (Å²) in [6.45, 7) is 3.92. The van der Waals surface area contributed by atoms with Gasteiger partial charge in [0, 0.05) is 12.6 Å². The van der Waals surface area contributed by atoms with Crippen molar-refractivity contribution in [1.29, 1.82) is 0 Å². The SMILES string of the molecule is Cc1ccc(/C=C/C(=O)NCC(C)O)cc1. The molecule has 0 radical (unpaired) electrons. The zero-order valence-electron chi connectivity index (χ0n) is 9.60. The smallest absolute Gasteiger partial charge is 0.244 e. The standard InChI is InChI=1S/C13H17NO2/c1-10-3-5-12(6-4-10)7-8-13(16)14-9-11(2)15/h3-8,11,15H,9H2,1-2H3,(H,14,16)/b8-7+. The van der Waals surface area contributed by atoms with Crippen LogP contribution in [0.25, 0.3) is 6.08 Å². The van der Waals surface area contributed by atoms with Crippen LogP contribution >= 0.6 is 0 Å². The van der Waals surface area contributed by atoms with Gasteiger partial charge in [0.15, 0.2) is 0 Å². The third-order valence-corrected chi connectivity index (χ3v) is 2.08. The van der Waals surface area contributed by atoms with Gasteiger partial charge in [-0.3, -0.25) is 4.79 Å². The second-order valence-corrected chi connectivity index (χ2v) is 3.84. The number of aliphatic hydroxyl groups is 1. The molecule has 1 aromatic carbocycles. The van der Waals surface area contributed by atoms with E-state index in [9.17, 15) is 4.79 Å². The van der Waals surface area contributed by atoms with Gasteiger partial charge in [0.05, 0.1) is 6.10 Å². The van der Waals surface area contributed by atoms with Crippen LogP contribution in [0.3, 0.4) is 0 Å². The molecule has 0 aliphatic rings. The highest BCUT2D eigenvalue weighted by atomic mass is 16.3. The van der Waals surface area contributed by atoms with Crippen LogP contribution in [0.2, 0.25) is 0 Å². The fourth-order valence-electron chi connectivity index (χ4n) is 1.16. The average Bonchev–Trinajstić information content (AvgIpc) is 2.25. The van der Waals surface area contributed by atoms with Crippen molar-refractivity contribution in [3.8, 4) is 0 Å². The van der Waals surface area contributed by atoms with Crippen LogP contribution < -0.4 is 5.32 Å². The van der Waals surface area contributed by atoms with E-state index in [4.69, 9.17) is 5.11 Å². The molecule has 0 saturated carbocycles. The highest BCUT2D eigenvalue weighted by Gasteiger charge is 1.97. The minimum Gasteiger partial charge on any atom is -0.392 e. The van der Waals surface area contributed by atoms with Crippen LogP contribution in [0.4, 0.5) is 0 Å². The van der Waals surface area contributed by atoms with Crippen molar-refractivity contribution in [2.24, 2.45) is 0 Å². The van der Waals surface area contributed by atoms with Crippen LogP contribution in [0, 0.1) is 6.92 Å². The van der Waals surface area contributed by atoms with Crippen molar-refractivity contribution in [2.45, 2.75) is 20.0 Å². The van der Waals surface area contributed by atoms with Crippen molar-refractivity contribution >= 4 is 12.0 Å². The third kappa shape index (κ3) is 4.75. The Balaban J connectivity index is 2.47. The number of hydrogen-bond donors (Lipinski definition) is 2. The minimum atomic E-state index is -0.517. The van der Waals surface area contributed by atoms with Crippen molar-refractivity contribution in [2.75, 3.05) is 6.54 Å². The van der Waals surface area contributed by atoms with Crippen LogP contribution in [0.1, 0.15) is 18.1 Å². The summed E-state index contributed by atoms with van der Waals surface area (Å²) in [7, 11) is 0. The Bertz CT molecular complexity index is 366. The summed E-state index contributed by atoms with van der Waals surface area (Å²) in [5, 5.41) is 11.6. The topological polar surface area (TPSA) is 49.3 Å². The van der Waals surface area contributed by atoms with Gasteiger partial charge in [0.2, 0.25) is 5.91 Å². The summed E-state index contributed by atoms with van der Waals surface area (Å²) in [5.74, 6) is -0.193. The molecule has 0 aromatic heterocycles. The molecule has 0 bridgehead atoms. The van der Waals surface area contributed by atoms with Gasteiger partial charge in [-0.2, -0.15) is 0 Å². The third-order valence-electron chi connectivity index (χ3n) is 2.08. The Labute approximate surface area is 95.8 Å². The number of rotatable bonds is 4. The molecule has 1 unspecified atom stereocenters. The zero-order chi connectivity index (χ0) is 12.0. The summed E-state index contributed by atoms with van der Waals surface area (Å²) < 4.78 is 0. The summed E-state index contributed by atoms with van der Waals surface area (Å²) in [4.78, 5) is 11.3. The molecule has 0 saturated heterocycles. The number of carbonyl (C=O) groups excluding carboxylic acids is 1. The number of aliphatic hydroxyl groups excluding tert-OH is 1. The lowest BCUT2D eigenvalue weighted by Crippen LogP contribution is -2.28. The van der Waals surface area contributed by atoms with E-state index in [1.54, 1.807) is 13.0 Å². The molecule has 0 aliphatic heterocycles. The van der Waals surface area contributed by atoms with Gasteiger partial charge in [0.25, 0.3) is 0 Å². The molecule has 3 heteroatoms. The van der Waals surface area contributed by atoms with Gasteiger partial charge in [0.1, 0.15) is 0 Å². The van der Waals surface area contributed by atoms with Crippen LogP contribution in [0.5, 0.6) is 0 Å². The first-order valence-electron chi connectivity index (χ1n) is 5.28. The molecule has 3 nitrogen and oxygen atoms in total. The van der Waals surface area contributed by atoms with E-state index in [1.165, 1.54) is 11.6 Å². The second kappa shape index (κ2) is 6.08. The van der Waals surface area contributed by atoms with Crippen molar-refractivity contribution in [3.63, 3.8) is 0 Å². The first-order valence-corrected chi connectivity index (χ1v) is 5.28. The molecule has 2 N–H and O–H groups in total. The molecular weight excluding hydrogens is 202 g/mol. The number of carbonyl (C=O) groups is 1. The molecule has 0 aliphatic carbocycles. The zero-order valence-corrected chi connectivity index (χ0v) is 9.60. The summed E-state index contributed by atoms with van der Waals surface area (Å²) >= 11 is 0. The molecule has 0 spiro atoms. The van der Waals surface area contributed by atoms with E-state index in [0.29, 0.717) is 0 Å². The normalized spacial score (nSPS) is 12.7. The van der Waals surface area contributed by atoms with Crippen molar-refractivity contribution in [3.05, 3.63) is 41.5 Å². The monoisotopic (exact) mass is 219 g/mol. The lowest BCUT2D eigenvalue weighted by atomic mass is 10.1. The molecular formula is C13H17NO2. The Morgan fingerprint density at radius 3 is 2.62 bits per heavy atom. The first kappa shape index (κ1) is 12.5. The van der Waals surface area contributed by atoms with Crippen LogP contribution in [-0.4, -0.2) is 23.7 Å². The van der Waals surface area contributed by atoms with Gasteiger partial charge >= 0.3 is 0 Å². The van der Waals surface area contributed by atoms with E-state index in [1.807, 2.05) is 31.2 Å². The molecule has 1 rings (SSSR count). The van der Waals surface area contributed by atoms with Gasteiger partial charge in [-0.05, 0) is 25.5 Å². The summed E-state index contributed by atoms with van der Waals surface area (Å²) in [5.41, 5.74) is 2.17. The Morgan fingerprint density at radius 1 is 1.44 bits per heavy atom. The summed E-state index contributed by atoms with van der Waals surface area (Å²) in [6, 6.07) is 7.89. The quantitative estimate of drug-likeness (QED) is 0.754. The summed E-state index contributed by atoms with van der Waals surface area (Å²) in [6.07, 6.45) is 2.70. The number of hydrogen-bond acceptors (Lipinski definition) is 2. The lowest BCUT2D eigenvalue weighted by molar-refractivity contribution is -0.116. The Morgan fingerprint density at radius 2 is 2.06 bits per heavy atom. The van der Waals surface area contributed by atoms with Gasteiger partial charge in [-0.1, -0.05) is 29.8 Å². The number of aryl methyl sites for hydroxylation is 1. The average molecular weight is 219 g/mol.